The van der Waals surface area contributed by atoms with Crippen molar-refractivity contribution in [2.45, 2.75) is 69.9 Å². The van der Waals surface area contributed by atoms with E-state index in [1.165, 1.54) is 7.11 Å². The number of likely N-dealkylation sites (tertiary alicyclic amines) is 1. The van der Waals surface area contributed by atoms with Crippen molar-refractivity contribution in [3.63, 3.8) is 0 Å². The largest absolute Gasteiger partial charge is 0.497 e. The maximum absolute atomic E-state index is 14.0. The van der Waals surface area contributed by atoms with Gasteiger partial charge in [-0.25, -0.2) is 4.68 Å². The second-order valence-corrected chi connectivity index (χ2v) is 8.94. The number of aromatic nitrogens is 2. The Morgan fingerprint density at radius 3 is 2.38 bits per heavy atom. The molecule has 1 aromatic heterocycles. The zero-order valence-electron chi connectivity index (χ0n) is 18.1. The fraction of sp³-hybridized carbons (Fsp3) is 0.545. The molecule has 3 heterocycles. The summed E-state index contributed by atoms with van der Waals surface area (Å²) in [6.45, 7) is 3.88. The first kappa shape index (κ1) is 22.8. The number of carbonyl (C=O) groups excluding carboxylic acids is 1. The number of hydrogen-bond acceptors (Lipinski definition) is 4. The molecule has 2 aromatic rings. The molecule has 1 saturated heterocycles. The van der Waals surface area contributed by atoms with E-state index in [0.717, 1.165) is 23.9 Å². The number of fused-ring (bicyclic) bond motifs is 1. The van der Waals surface area contributed by atoms with Crippen LogP contribution < -0.4 is 10.1 Å². The number of benzene rings is 1. The van der Waals surface area contributed by atoms with E-state index in [9.17, 15) is 18.0 Å². The SMILES string of the molecule is COc1ccc([C@H]2C[C@@H](C(F)(F)F)n3nc(C(=O)N4[C@@H](C)CCC[C@@H]4C)c(Cl)c3N2)cc1. The average Bonchev–Trinajstić information content (AvgIpc) is 3.08. The number of methoxy groups -OCH3 is 1. The smallest absolute Gasteiger partial charge is 0.410 e. The van der Waals surface area contributed by atoms with E-state index in [2.05, 4.69) is 10.4 Å². The first-order valence-corrected chi connectivity index (χ1v) is 11.1. The van der Waals surface area contributed by atoms with Gasteiger partial charge >= 0.3 is 6.18 Å². The number of nitrogens with one attached hydrogen (secondary N) is 1. The van der Waals surface area contributed by atoms with E-state index in [-0.39, 0.29) is 35.0 Å². The Bertz CT molecular complexity index is 982. The van der Waals surface area contributed by atoms with Crippen molar-refractivity contribution in [3.05, 3.63) is 40.5 Å². The van der Waals surface area contributed by atoms with Gasteiger partial charge in [-0.05, 0) is 50.8 Å². The van der Waals surface area contributed by atoms with Crippen LogP contribution in [0.4, 0.5) is 19.0 Å². The Hall–Kier alpha value is -2.42. The quantitative estimate of drug-likeness (QED) is 0.633. The van der Waals surface area contributed by atoms with E-state index >= 15 is 0 Å². The van der Waals surface area contributed by atoms with Gasteiger partial charge in [0, 0.05) is 18.5 Å². The number of alkyl halides is 3. The summed E-state index contributed by atoms with van der Waals surface area (Å²) in [7, 11) is 1.52. The van der Waals surface area contributed by atoms with Gasteiger partial charge in [0.1, 0.15) is 16.6 Å². The summed E-state index contributed by atoms with van der Waals surface area (Å²) in [6, 6.07) is 4.22. The molecule has 174 valence electrons. The third kappa shape index (κ3) is 4.02. The number of anilines is 1. The molecule has 0 aliphatic carbocycles. The number of ether oxygens (including phenoxy) is 1. The maximum atomic E-state index is 14.0. The highest BCUT2D eigenvalue weighted by molar-refractivity contribution is 6.36. The lowest BCUT2D eigenvalue weighted by atomic mass is 9.96. The second kappa shape index (κ2) is 8.50. The van der Waals surface area contributed by atoms with Crippen LogP contribution in [0.1, 0.15) is 67.7 Å². The fourth-order valence-corrected chi connectivity index (χ4v) is 4.98. The van der Waals surface area contributed by atoms with Gasteiger partial charge in [0.25, 0.3) is 5.91 Å². The van der Waals surface area contributed by atoms with Crippen LogP contribution in [0.2, 0.25) is 5.02 Å². The van der Waals surface area contributed by atoms with Crippen molar-refractivity contribution >= 4 is 23.3 Å². The summed E-state index contributed by atoms with van der Waals surface area (Å²) in [5.41, 5.74) is 0.522. The van der Waals surface area contributed by atoms with Crippen molar-refractivity contribution in [1.82, 2.24) is 14.7 Å². The molecule has 0 bridgehead atoms. The molecule has 10 heteroatoms. The van der Waals surface area contributed by atoms with Gasteiger partial charge in [-0.1, -0.05) is 23.7 Å². The molecular weight excluding hydrogens is 445 g/mol. The van der Waals surface area contributed by atoms with E-state index in [1.807, 2.05) is 13.8 Å². The minimum atomic E-state index is -4.55. The zero-order valence-corrected chi connectivity index (χ0v) is 18.9. The van der Waals surface area contributed by atoms with Gasteiger partial charge in [0.05, 0.1) is 13.2 Å². The lowest BCUT2D eigenvalue weighted by Gasteiger charge is -2.38. The van der Waals surface area contributed by atoms with Gasteiger partial charge in [-0.2, -0.15) is 18.3 Å². The van der Waals surface area contributed by atoms with Gasteiger partial charge in [-0.15, -0.1) is 0 Å². The molecule has 1 fully saturated rings. The fourth-order valence-electron chi connectivity index (χ4n) is 4.72. The first-order chi connectivity index (χ1) is 15.1. The maximum Gasteiger partial charge on any atom is 0.410 e. The highest BCUT2D eigenvalue weighted by Gasteiger charge is 2.48. The first-order valence-electron chi connectivity index (χ1n) is 10.7. The predicted molar refractivity (Wildman–Crippen MR) is 115 cm³/mol. The molecule has 0 spiro atoms. The molecule has 0 unspecified atom stereocenters. The molecule has 1 aromatic carbocycles. The van der Waals surface area contributed by atoms with E-state index < -0.39 is 24.2 Å². The number of carbonyl (C=O) groups is 1. The zero-order chi connectivity index (χ0) is 23.2. The minimum absolute atomic E-state index is 0.0155. The van der Waals surface area contributed by atoms with Crippen LogP contribution in [-0.4, -0.2) is 46.0 Å². The summed E-state index contributed by atoms with van der Waals surface area (Å²) >= 11 is 6.49. The third-order valence-electron chi connectivity index (χ3n) is 6.44. The highest BCUT2D eigenvalue weighted by atomic mass is 35.5. The molecule has 4 rings (SSSR count). The summed E-state index contributed by atoms with van der Waals surface area (Å²) < 4.78 is 48.0. The minimum Gasteiger partial charge on any atom is -0.497 e. The topological polar surface area (TPSA) is 59.4 Å². The molecule has 6 nitrogen and oxygen atoms in total. The molecular formula is C22H26ClF3N4O2. The molecule has 2 aliphatic rings. The van der Waals surface area contributed by atoms with Crippen LogP contribution in [0.25, 0.3) is 0 Å². The Kier molecular flexibility index (Phi) is 6.04. The number of hydrogen-bond donors (Lipinski definition) is 1. The summed E-state index contributed by atoms with van der Waals surface area (Å²) in [4.78, 5) is 15.0. The summed E-state index contributed by atoms with van der Waals surface area (Å²) in [5.74, 6) is 0.194. The molecule has 1 amide bonds. The van der Waals surface area contributed by atoms with Gasteiger partial charge in [0.2, 0.25) is 0 Å². The highest BCUT2D eigenvalue weighted by Crippen LogP contribution is 2.46. The van der Waals surface area contributed by atoms with E-state index in [0.29, 0.717) is 11.3 Å². The van der Waals surface area contributed by atoms with E-state index in [1.54, 1.807) is 29.2 Å². The lowest BCUT2D eigenvalue weighted by molar-refractivity contribution is -0.173. The van der Waals surface area contributed by atoms with Crippen molar-refractivity contribution < 1.29 is 22.7 Å². The Morgan fingerprint density at radius 1 is 1.19 bits per heavy atom. The summed E-state index contributed by atoms with van der Waals surface area (Å²) in [6.07, 6.45) is -2.15. The molecule has 0 saturated carbocycles. The Labute approximate surface area is 189 Å². The average molecular weight is 471 g/mol. The molecule has 32 heavy (non-hydrogen) atoms. The van der Waals surface area contributed by atoms with Crippen molar-refractivity contribution in [1.29, 1.82) is 0 Å². The Morgan fingerprint density at radius 2 is 1.81 bits per heavy atom. The third-order valence-corrected chi connectivity index (χ3v) is 6.80. The van der Waals surface area contributed by atoms with Crippen LogP contribution in [0.3, 0.4) is 0 Å². The van der Waals surface area contributed by atoms with Crippen LogP contribution in [-0.2, 0) is 0 Å². The monoisotopic (exact) mass is 470 g/mol. The Balaban J connectivity index is 1.72. The van der Waals surface area contributed by atoms with Crippen LogP contribution in [0, 0.1) is 0 Å². The van der Waals surface area contributed by atoms with E-state index in [4.69, 9.17) is 16.3 Å². The standard InChI is InChI=1S/C22H26ClF3N4O2/c1-12-5-4-6-13(2)29(12)21(31)19-18(23)20-27-16(14-7-9-15(32-3)10-8-14)11-17(22(24,25)26)30(20)28-19/h7-10,12-13,16-17,27H,4-6,11H2,1-3H3/t12-,13-,16+,17-/m0/s1. The van der Waals surface area contributed by atoms with Crippen molar-refractivity contribution in [2.75, 3.05) is 12.4 Å². The molecule has 0 radical (unpaired) electrons. The number of amides is 1. The number of piperidine rings is 1. The normalized spacial score (nSPS) is 25.8. The van der Waals surface area contributed by atoms with Gasteiger partial charge in [0.15, 0.2) is 11.7 Å². The number of nitrogens with zero attached hydrogens (tertiary/aromatic N) is 3. The van der Waals surface area contributed by atoms with Crippen LogP contribution in [0.15, 0.2) is 24.3 Å². The van der Waals surface area contributed by atoms with Crippen LogP contribution >= 0.6 is 11.6 Å². The molecule has 4 atom stereocenters. The van der Waals surface area contributed by atoms with Crippen molar-refractivity contribution in [2.24, 2.45) is 0 Å². The molecule has 2 aliphatic heterocycles. The van der Waals surface area contributed by atoms with Crippen LogP contribution in [0.5, 0.6) is 5.75 Å². The summed E-state index contributed by atoms with van der Waals surface area (Å²) in [5, 5.41) is 7.09. The number of rotatable bonds is 3. The van der Waals surface area contributed by atoms with Gasteiger partial charge < -0.3 is 15.0 Å². The van der Waals surface area contributed by atoms with Crippen molar-refractivity contribution in [3.8, 4) is 5.75 Å². The lowest BCUT2D eigenvalue weighted by Crippen LogP contribution is -2.47. The second-order valence-electron chi connectivity index (χ2n) is 8.56. The van der Waals surface area contributed by atoms with Gasteiger partial charge in [-0.3, -0.25) is 4.79 Å². The predicted octanol–water partition coefficient (Wildman–Crippen LogP) is 5.61. The number of halogens is 4. The molecule has 1 N–H and O–H groups in total.